The lowest BCUT2D eigenvalue weighted by molar-refractivity contribution is -0.0105. The lowest BCUT2D eigenvalue weighted by Crippen LogP contribution is -2.48. The van der Waals surface area contributed by atoms with Crippen LogP contribution in [0.1, 0.15) is 39.1 Å². The maximum absolute atomic E-state index is 12.2. The zero-order valence-electron chi connectivity index (χ0n) is 10.0. The maximum Gasteiger partial charge on any atom is 0.345 e. The van der Waals surface area contributed by atoms with E-state index in [1.165, 1.54) is 12.1 Å². The maximum atomic E-state index is 12.2. The topological polar surface area (TPSA) is 77.8 Å². The molecule has 1 aliphatic heterocycles. The van der Waals surface area contributed by atoms with Crippen LogP contribution in [0.4, 0.5) is 0 Å². The van der Waals surface area contributed by atoms with Crippen molar-refractivity contribution in [1.82, 2.24) is 4.90 Å². The number of nitrogens with zero attached hydrogens (tertiary/aromatic N) is 1. The van der Waals surface area contributed by atoms with Crippen molar-refractivity contribution in [2.45, 2.75) is 25.4 Å². The predicted molar refractivity (Wildman–Crippen MR) is 67.0 cm³/mol. The number of hydrogen-bond donors (Lipinski definition) is 2. The summed E-state index contributed by atoms with van der Waals surface area (Å²) in [6.07, 6.45) is 1.44. The van der Waals surface area contributed by atoms with E-state index in [0.717, 1.165) is 17.8 Å². The Morgan fingerprint density at radius 2 is 2.06 bits per heavy atom. The van der Waals surface area contributed by atoms with Gasteiger partial charge in [-0.1, -0.05) is 0 Å². The standard InChI is InChI=1S/C12H15NO4S/c1-12(17)5-2-6-13(7-12)10(14)8-3-4-9(18-8)11(15)16/h3-4,17H,2,5-7H2,1H3,(H,15,16). The summed E-state index contributed by atoms with van der Waals surface area (Å²) in [4.78, 5) is 25.1. The second-order valence-corrected chi connectivity index (χ2v) is 5.88. The number of β-amino-alcohol motifs (C(OH)–C–C–N with tert-alkyl or cyclic N) is 1. The van der Waals surface area contributed by atoms with Gasteiger partial charge in [-0.3, -0.25) is 4.79 Å². The molecule has 1 saturated heterocycles. The Balaban J connectivity index is 2.13. The molecule has 18 heavy (non-hydrogen) atoms. The van der Waals surface area contributed by atoms with E-state index in [-0.39, 0.29) is 10.8 Å². The van der Waals surface area contributed by atoms with Crippen molar-refractivity contribution in [3.8, 4) is 0 Å². The molecule has 1 fully saturated rings. The van der Waals surface area contributed by atoms with Gasteiger partial charge < -0.3 is 15.1 Å². The molecule has 1 amide bonds. The fraction of sp³-hybridized carbons (Fsp3) is 0.500. The van der Waals surface area contributed by atoms with Crippen molar-refractivity contribution < 1.29 is 19.8 Å². The third-order valence-electron chi connectivity index (χ3n) is 2.99. The third kappa shape index (κ3) is 2.70. The smallest absolute Gasteiger partial charge is 0.345 e. The van der Waals surface area contributed by atoms with Crippen LogP contribution in [0, 0.1) is 0 Å². The number of carboxylic acids is 1. The van der Waals surface area contributed by atoms with Gasteiger partial charge in [0.2, 0.25) is 0 Å². The Morgan fingerprint density at radius 3 is 2.61 bits per heavy atom. The number of aromatic carboxylic acids is 1. The Labute approximate surface area is 109 Å². The second-order valence-electron chi connectivity index (χ2n) is 4.80. The first kappa shape index (κ1) is 13.0. The van der Waals surface area contributed by atoms with Crippen LogP contribution < -0.4 is 0 Å². The highest BCUT2D eigenvalue weighted by atomic mass is 32.1. The van der Waals surface area contributed by atoms with Crippen LogP contribution >= 0.6 is 11.3 Å². The number of thiophene rings is 1. The van der Waals surface area contributed by atoms with E-state index in [9.17, 15) is 14.7 Å². The van der Waals surface area contributed by atoms with Gasteiger partial charge in [0.25, 0.3) is 5.91 Å². The highest BCUT2D eigenvalue weighted by Gasteiger charge is 2.31. The van der Waals surface area contributed by atoms with Gasteiger partial charge >= 0.3 is 5.97 Å². The molecule has 2 N–H and O–H groups in total. The Bertz CT molecular complexity index is 480. The number of aliphatic hydroxyl groups is 1. The molecule has 98 valence electrons. The van der Waals surface area contributed by atoms with Crippen molar-refractivity contribution in [2.75, 3.05) is 13.1 Å². The normalized spacial score (nSPS) is 24.0. The minimum absolute atomic E-state index is 0.155. The molecule has 0 spiro atoms. The van der Waals surface area contributed by atoms with Crippen molar-refractivity contribution in [2.24, 2.45) is 0 Å². The number of likely N-dealkylation sites (tertiary alicyclic amines) is 1. The van der Waals surface area contributed by atoms with E-state index in [1.54, 1.807) is 11.8 Å². The summed E-state index contributed by atoms with van der Waals surface area (Å²) in [5.74, 6) is -1.22. The summed E-state index contributed by atoms with van der Waals surface area (Å²) in [7, 11) is 0. The van der Waals surface area contributed by atoms with E-state index in [1.807, 2.05) is 0 Å². The molecule has 1 aliphatic rings. The van der Waals surface area contributed by atoms with Crippen molar-refractivity contribution in [3.05, 3.63) is 21.9 Å². The van der Waals surface area contributed by atoms with Crippen molar-refractivity contribution in [3.63, 3.8) is 0 Å². The van der Waals surface area contributed by atoms with E-state index in [0.29, 0.717) is 24.4 Å². The van der Waals surface area contributed by atoms with Gasteiger partial charge in [-0.2, -0.15) is 0 Å². The van der Waals surface area contributed by atoms with Gasteiger partial charge in [0, 0.05) is 13.1 Å². The molecule has 0 aromatic carbocycles. The number of carbonyl (C=O) groups is 2. The predicted octanol–water partition coefficient (Wildman–Crippen LogP) is 1.43. The van der Waals surface area contributed by atoms with Crippen LogP contribution in [0.3, 0.4) is 0 Å². The number of carbonyl (C=O) groups excluding carboxylic acids is 1. The second kappa shape index (κ2) is 4.70. The first-order valence-corrected chi connectivity index (χ1v) is 6.55. The van der Waals surface area contributed by atoms with Crippen molar-refractivity contribution >= 4 is 23.2 Å². The SMILES string of the molecule is CC1(O)CCCN(C(=O)c2ccc(C(=O)O)s2)C1. The number of amides is 1. The summed E-state index contributed by atoms with van der Waals surface area (Å²) in [5.41, 5.74) is -0.846. The van der Waals surface area contributed by atoms with E-state index in [2.05, 4.69) is 0 Å². The van der Waals surface area contributed by atoms with Gasteiger partial charge in [0.05, 0.1) is 10.5 Å². The van der Waals surface area contributed by atoms with Crippen molar-refractivity contribution in [1.29, 1.82) is 0 Å². The van der Waals surface area contributed by atoms with Gasteiger partial charge in [-0.25, -0.2) is 4.79 Å². The van der Waals surface area contributed by atoms with Crippen LogP contribution in [0.5, 0.6) is 0 Å². The van der Waals surface area contributed by atoms with E-state index < -0.39 is 11.6 Å². The quantitative estimate of drug-likeness (QED) is 0.851. The van der Waals surface area contributed by atoms with E-state index in [4.69, 9.17) is 5.11 Å². The molecule has 1 aromatic rings. The molecule has 1 atom stereocenters. The average molecular weight is 269 g/mol. The Hall–Kier alpha value is -1.40. The molecule has 6 heteroatoms. The summed E-state index contributed by atoms with van der Waals surface area (Å²) < 4.78 is 0. The van der Waals surface area contributed by atoms with Crippen LogP contribution in [0.25, 0.3) is 0 Å². The van der Waals surface area contributed by atoms with Crippen LogP contribution in [-0.4, -0.2) is 45.7 Å². The number of carboxylic acid groups (broad SMARTS) is 1. The van der Waals surface area contributed by atoms with Gasteiger partial charge in [-0.05, 0) is 31.9 Å². The highest BCUT2D eigenvalue weighted by Crippen LogP contribution is 2.24. The highest BCUT2D eigenvalue weighted by molar-refractivity contribution is 7.15. The summed E-state index contributed by atoms with van der Waals surface area (Å²) in [6.45, 7) is 2.62. The molecule has 0 aliphatic carbocycles. The molecule has 1 aromatic heterocycles. The minimum Gasteiger partial charge on any atom is -0.477 e. The first-order chi connectivity index (χ1) is 8.39. The van der Waals surface area contributed by atoms with Crippen LogP contribution in [-0.2, 0) is 0 Å². The number of hydrogen-bond acceptors (Lipinski definition) is 4. The summed E-state index contributed by atoms with van der Waals surface area (Å²) in [5, 5.41) is 18.8. The molecular weight excluding hydrogens is 254 g/mol. The fourth-order valence-electron chi connectivity index (χ4n) is 2.12. The van der Waals surface area contributed by atoms with Gasteiger partial charge in [0.15, 0.2) is 0 Å². The van der Waals surface area contributed by atoms with Gasteiger partial charge in [0.1, 0.15) is 4.88 Å². The summed E-state index contributed by atoms with van der Waals surface area (Å²) >= 11 is 0.970. The van der Waals surface area contributed by atoms with E-state index >= 15 is 0 Å². The summed E-state index contributed by atoms with van der Waals surface area (Å²) in [6, 6.07) is 2.96. The average Bonchev–Trinajstić information content (AvgIpc) is 2.76. The van der Waals surface area contributed by atoms with Gasteiger partial charge in [-0.15, -0.1) is 11.3 Å². The molecule has 5 nitrogen and oxygen atoms in total. The van der Waals surface area contributed by atoms with Crippen LogP contribution in [0.2, 0.25) is 0 Å². The molecule has 0 radical (unpaired) electrons. The fourth-order valence-corrected chi connectivity index (χ4v) is 2.93. The third-order valence-corrected chi connectivity index (χ3v) is 4.05. The molecular formula is C12H15NO4S. The minimum atomic E-state index is -1.02. The first-order valence-electron chi connectivity index (χ1n) is 5.74. The molecule has 1 unspecified atom stereocenters. The van der Waals surface area contributed by atoms with Crippen LogP contribution in [0.15, 0.2) is 12.1 Å². The largest absolute Gasteiger partial charge is 0.477 e. The molecule has 0 bridgehead atoms. The number of rotatable bonds is 2. The number of piperidine rings is 1. The lowest BCUT2D eigenvalue weighted by atomic mass is 9.95. The molecule has 2 heterocycles. The monoisotopic (exact) mass is 269 g/mol. The Kier molecular flexibility index (Phi) is 3.41. The zero-order chi connectivity index (χ0) is 13.3. The zero-order valence-corrected chi connectivity index (χ0v) is 10.9. The molecule has 2 rings (SSSR count). The Morgan fingerprint density at radius 1 is 1.39 bits per heavy atom. The molecule has 0 saturated carbocycles. The lowest BCUT2D eigenvalue weighted by Gasteiger charge is -2.36.